The maximum absolute atomic E-state index is 12.6. The second-order valence-electron chi connectivity index (χ2n) is 8.04. The number of hydrogen-bond donors (Lipinski definition) is 2. The predicted octanol–water partition coefficient (Wildman–Crippen LogP) is 3.62. The van der Waals surface area contributed by atoms with Crippen LogP contribution in [0.4, 0.5) is 11.4 Å². The molecule has 32 heavy (non-hydrogen) atoms. The summed E-state index contributed by atoms with van der Waals surface area (Å²) in [5, 5.41) is 5.84. The fraction of sp³-hybridized carbons (Fsp3) is 0.231. The molecule has 1 heterocycles. The summed E-state index contributed by atoms with van der Waals surface area (Å²) < 4.78 is 0. The SMILES string of the molecule is CN1CCN(c2ccc(NC(=O)c3ccc(CNC(=O)c4ccccc4)cc3)cc2)CC1. The van der Waals surface area contributed by atoms with Gasteiger partial charge in [0.1, 0.15) is 0 Å². The minimum atomic E-state index is -0.155. The molecule has 0 saturated carbocycles. The summed E-state index contributed by atoms with van der Waals surface area (Å²) in [5.41, 5.74) is 4.08. The van der Waals surface area contributed by atoms with Crippen molar-refractivity contribution in [3.63, 3.8) is 0 Å². The lowest BCUT2D eigenvalue weighted by molar-refractivity contribution is 0.0949. The molecule has 164 valence electrons. The summed E-state index contributed by atoms with van der Waals surface area (Å²) in [5.74, 6) is -0.273. The highest BCUT2D eigenvalue weighted by Gasteiger charge is 2.14. The van der Waals surface area contributed by atoms with E-state index in [2.05, 4.69) is 39.6 Å². The molecule has 3 aromatic carbocycles. The van der Waals surface area contributed by atoms with Gasteiger partial charge in [-0.25, -0.2) is 0 Å². The van der Waals surface area contributed by atoms with Crippen molar-refractivity contribution in [2.24, 2.45) is 0 Å². The Morgan fingerprint density at radius 2 is 1.38 bits per heavy atom. The number of carbonyl (C=O) groups excluding carboxylic acids is 2. The van der Waals surface area contributed by atoms with Gasteiger partial charge >= 0.3 is 0 Å². The number of piperazine rings is 1. The standard InChI is InChI=1S/C26H28N4O2/c1-29-15-17-30(18-16-29)24-13-11-23(12-14-24)28-26(32)22-9-7-20(8-10-22)19-27-25(31)21-5-3-2-4-6-21/h2-14H,15-19H2,1H3,(H,27,31)(H,28,32). The average Bonchev–Trinajstić information content (AvgIpc) is 2.84. The number of rotatable bonds is 6. The Balaban J connectivity index is 1.29. The quantitative estimate of drug-likeness (QED) is 0.630. The zero-order valence-corrected chi connectivity index (χ0v) is 18.3. The Hall–Kier alpha value is -3.64. The number of nitrogens with one attached hydrogen (secondary N) is 2. The second kappa shape index (κ2) is 10.1. The van der Waals surface area contributed by atoms with Crippen LogP contribution in [-0.2, 0) is 6.54 Å². The van der Waals surface area contributed by atoms with Crippen molar-refractivity contribution in [2.45, 2.75) is 6.54 Å². The molecule has 0 aliphatic carbocycles. The smallest absolute Gasteiger partial charge is 0.255 e. The topological polar surface area (TPSA) is 64.7 Å². The van der Waals surface area contributed by atoms with Gasteiger partial charge in [0, 0.05) is 55.2 Å². The number of carbonyl (C=O) groups is 2. The van der Waals surface area contributed by atoms with E-state index in [1.54, 1.807) is 24.3 Å². The van der Waals surface area contributed by atoms with Gasteiger partial charge in [0.25, 0.3) is 11.8 Å². The van der Waals surface area contributed by atoms with Gasteiger partial charge in [-0.3, -0.25) is 9.59 Å². The maximum atomic E-state index is 12.6. The Bertz CT molecular complexity index is 1040. The molecule has 1 fully saturated rings. The van der Waals surface area contributed by atoms with Crippen molar-refractivity contribution < 1.29 is 9.59 Å². The zero-order valence-electron chi connectivity index (χ0n) is 18.3. The fourth-order valence-electron chi connectivity index (χ4n) is 3.67. The van der Waals surface area contributed by atoms with Crippen LogP contribution in [0.2, 0.25) is 0 Å². The molecule has 2 amide bonds. The molecular formula is C26H28N4O2. The lowest BCUT2D eigenvalue weighted by Gasteiger charge is -2.34. The minimum absolute atomic E-state index is 0.118. The molecule has 0 radical (unpaired) electrons. The van der Waals surface area contributed by atoms with E-state index in [1.165, 1.54) is 5.69 Å². The number of hydrogen-bond acceptors (Lipinski definition) is 4. The maximum Gasteiger partial charge on any atom is 0.255 e. The van der Waals surface area contributed by atoms with E-state index in [4.69, 9.17) is 0 Å². The normalized spacial score (nSPS) is 14.1. The van der Waals surface area contributed by atoms with Gasteiger partial charge in [0.05, 0.1) is 0 Å². The number of nitrogens with zero attached hydrogens (tertiary/aromatic N) is 2. The first-order valence-corrected chi connectivity index (χ1v) is 10.9. The van der Waals surface area contributed by atoms with Crippen LogP contribution in [0.1, 0.15) is 26.3 Å². The largest absolute Gasteiger partial charge is 0.369 e. The van der Waals surface area contributed by atoms with Crippen molar-refractivity contribution in [1.82, 2.24) is 10.2 Å². The van der Waals surface area contributed by atoms with E-state index < -0.39 is 0 Å². The molecule has 0 bridgehead atoms. The Morgan fingerprint density at radius 3 is 2.03 bits per heavy atom. The number of anilines is 2. The van der Waals surface area contributed by atoms with Crippen molar-refractivity contribution >= 4 is 23.2 Å². The van der Waals surface area contributed by atoms with E-state index >= 15 is 0 Å². The van der Waals surface area contributed by atoms with Crippen molar-refractivity contribution in [2.75, 3.05) is 43.4 Å². The van der Waals surface area contributed by atoms with Crippen molar-refractivity contribution in [3.8, 4) is 0 Å². The molecule has 1 aliphatic heterocycles. The van der Waals surface area contributed by atoms with Crippen LogP contribution >= 0.6 is 0 Å². The van der Waals surface area contributed by atoms with Gasteiger partial charge in [0.2, 0.25) is 0 Å². The Kier molecular flexibility index (Phi) is 6.82. The monoisotopic (exact) mass is 428 g/mol. The van der Waals surface area contributed by atoms with Gasteiger partial charge < -0.3 is 20.4 Å². The third kappa shape index (κ3) is 5.53. The third-order valence-corrected chi connectivity index (χ3v) is 5.70. The first-order chi connectivity index (χ1) is 15.6. The van der Waals surface area contributed by atoms with E-state index in [0.29, 0.717) is 17.7 Å². The second-order valence-corrected chi connectivity index (χ2v) is 8.04. The minimum Gasteiger partial charge on any atom is -0.369 e. The third-order valence-electron chi connectivity index (χ3n) is 5.70. The summed E-state index contributed by atoms with van der Waals surface area (Å²) in [6.45, 7) is 4.55. The summed E-state index contributed by atoms with van der Waals surface area (Å²) in [6, 6.07) is 24.4. The molecule has 6 nitrogen and oxygen atoms in total. The molecule has 3 aromatic rings. The van der Waals surface area contributed by atoms with Gasteiger partial charge in [-0.05, 0) is 61.1 Å². The molecule has 0 spiro atoms. The highest BCUT2D eigenvalue weighted by Crippen LogP contribution is 2.20. The average molecular weight is 429 g/mol. The molecule has 4 rings (SSSR count). The van der Waals surface area contributed by atoms with Crippen LogP contribution in [0, 0.1) is 0 Å². The van der Waals surface area contributed by atoms with Crippen LogP contribution in [0.5, 0.6) is 0 Å². The highest BCUT2D eigenvalue weighted by molar-refractivity contribution is 6.04. The Morgan fingerprint density at radius 1 is 0.750 bits per heavy atom. The van der Waals surface area contributed by atoms with Crippen LogP contribution in [-0.4, -0.2) is 49.9 Å². The number of likely N-dealkylation sites (N-methyl/N-ethyl adjacent to an activating group) is 1. The Labute approximate surface area is 188 Å². The lowest BCUT2D eigenvalue weighted by atomic mass is 10.1. The first-order valence-electron chi connectivity index (χ1n) is 10.9. The van der Waals surface area contributed by atoms with Gasteiger partial charge in [-0.15, -0.1) is 0 Å². The lowest BCUT2D eigenvalue weighted by Crippen LogP contribution is -2.44. The van der Waals surface area contributed by atoms with Gasteiger partial charge in [-0.1, -0.05) is 30.3 Å². The molecule has 2 N–H and O–H groups in total. The van der Waals surface area contributed by atoms with E-state index in [0.717, 1.165) is 37.4 Å². The van der Waals surface area contributed by atoms with Gasteiger partial charge in [-0.2, -0.15) is 0 Å². The highest BCUT2D eigenvalue weighted by atomic mass is 16.2. The summed E-state index contributed by atoms with van der Waals surface area (Å²) in [7, 11) is 2.14. The van der Waals surface area contributed by atoms with E-state index in [-0.39, 0.29) is 11.8 Å². The molecule has 0 aromatic heterocycles. The zero-order chi connectivity index (χ0) is 22.3. The van der Waals surface area contributed by atoms with E-state index in [9.17, 15) is 9.59 Å². The first kappa shape index (κ1) is 21.6. The van der Waals surface area contributed by atoms with Crippen LogP contribution < -0.4 is 15.5 Å². The van der Waals surface area contributed by atoms with Crippen molar-refractivity contribution in [3.05, 3.63) is 95.6 Å². The molecule has 0 atom stereocenters. The molecule has 0 unspecified atom stereocenters. The number of amides is 2. The summed E-state index contributed by atoms with van der Waals surface area (Å²) in [6.07, 6.45) is 0. The predicted molar refractivity (Wildman–Crippen MR) is 128 cm³/mol. The molecule has 1 aliphatic rings. The number of benzene rings is 3. The summed E-state index contributed by atoms with van der Waals surface area (Å²) in [4.78, 5) is 29.4. The molecule has 1 saturated heterocycles. The fourth-order valence-corrected chi connectivity index (χ4v) is 3.67. The van der Waals surface area contributed by atoms with E-state index in [1.807, 2.05) is 42.5 Å². The van der Waals surface area contributed by atoms with Crippen LogP contribution in [0.25, 0.3) is 0 Å². The van der Waals surface area contributed by atoms with Gasteiger partial charge in [0.15, 0.2) is 0 Å². The molecule has 6 heteroatoms. The summed E-state index contributed by atoms with van der Waals surface area (Å²) >= 11 is 0. The van der Waals surface area contributed by atoms with Crippen LogP contribution in [0.3, 0.4) is 0 Å². The van der Waals surface area contributed by atoms with Crippen molar-refractivity contribution in [1.29, 1.82) is 0 Å². The molecular weight excluding hydrogens is 400 g/mol. The van der Waals surface area contributed by atoms with Crippen LogP contribution in [0.15, 0.2) is 78.9 Å².